The van der Waals surface area contributed by atoms with Crippen LogP contribution in [-0.4, -0.2) is 15.7 Å². The summed E-state index contributed by atoms with van der Waals surface area (Å²) < 4.78 is 1.72. The topological polar surface area (TPSA) is 46.9 Å². The number of hydrogen-bond donors (Lipinski definition) is 1. The van der Waals surface area contributed by atoms with E-state index in [4.69, 9.17) is 11.6 Å². The number of halogens is 1. The largest absolute Gasteiger partial charge is 0.324 e. The average Bonchev–Trinajstić information content (AvgIpc) is 2.80. The quantitative estimate of drug-likeness (QED) is 0.796. The summed E-state index contributed by atoms with van der Waals surface area (Å²) in [5, 5.41) is 8.99. The van der Waals surface area contributed by atoms with E-state index >= 15 is 0 Å². The van der Waals surface area contributed by atoms with Gasteiger partial charge in [0.2, 0.25) is 5.91 Å². The van der Waals surface area contributed by atoms with Crippen molar-refractivity contribution in [2.45, 2.75) is 20.4 Å². The molecule has 1 N–H and O–H groups in total. The Bertz CT molecular complexity index is 854. The van der Waals surface area contributed by atoms with Crippen LogP contribution in [0.15, 0.2) is 42.5 Å². The summed E-state index contributed by atoms with van der Waals surface area (Å²) in [6, 6.07) is 13.3. The molecule has 112 valence electrons. The molecule has 0 spiro atoms. The summed E-state index contributed by atoms with van der Waals surface area (Å²) in [6.07, 6.45) is 0. The molecule has 0 radical (unpaired) electrons. The molecule has 0 saturated carbocycles. The van der Waals surface area contributed by atoms with E-state index in [1.165, 1.54) is 0 Å². The number of aromatic nitrogens is 2. The first kappa shape index (κ1) is 14.6. The molecule has 4 nitrogen and oxygen atoms in total. The molecule has 0 aliphatic carbocycles. The fraction of sp³-hybridized carbons (Fsp3) is 0.176. The summed E-state index contributed by atoms with van der Waals surface area (Å²) >= 11 is 5.97. The highest BCUT2D eigenvalue weighted by Gasteiger charge is 2.11. The average molecular weight is 314 g/mol. The van der Waals surface area contributed by atoms with Gasteiger partial charge in [-0.2, -0.15) is 5.10 Å². The second kappa shape index (κ2) is 5.81. The molecule has 3 aromatic rings. The second-order valence-corrected chi connectivity index (χ2v) is 5.70. The van der Waals surface area contributed by atoms with E-state index in [9.17, 15) is 4.79 Å². The van der Waals surface area contributed by atoms with Gasteiger partial charge in [-0.25, -0.2) is 0 Å². The van der Waals surface area contributed by atoms with Gasteiger partial charge in [0.05, 0.1) is 11.2 Å². The van der Waals surface area contributed by atoms with Crippen molar-refractivity contribution in [2.24, 2.45) is 0 Å². The minimum atomic E-state index is -0.126. The van der Waals surface area contributed by atoms with Gasteiger partial charge in [-0.1, -0.05) is 35.9 Å². The van der Waals surface area contributed by atoms with Crippen LogP contribution in [-0.2, 0) is 11.3 Å². The number of para-hydroxylation sites is 1. The van der Waals surface area contributed by atoms with Crippen LogP contribution in [0.25, 0.3) is 10.9 Å². The number of carbonyl (C=O) groups excluding carboxylic acids is 1. The molecular formula is C17H16ClN3O. The van der Waals surface area contributed by atoms with Crippen molar-refractivity contribution in [3.63, 3.8) is 0 Å². The molecule has 0 saturated heterocycles. The van der Waals surface area contributed by atoms with Crippen molar-refractivity contribution in [2.75, 3.05) is 5.32 Å². The third kappa shape index (κ3) is 2.83. The van der Waals surface area contributed by atoms with E-state index in [2.05, 4.69) is 10.4 Å². The number of carbonyl (C=O) groups is 1. The first-order valence-electron chi connectivity index (χ1n) is 7.03. The number of fused-ring (bicyclic) bond motifs is 1. The van der Waals surface area contributed by atoms with Gasteiger partial charge in [0.15, 0.2) is 0 Å². The van der Waals surface area contributed by atoms with Gasteiger partial charge in [0, 0.05) is 16.1 Å². The maximum Gasteiger partial charge on any atom is 0.246 e. The SMILES string of the molecule is Cc1ccc(Cl)cc1NC(=O)Cn1nc(C)c2ccccc21. The smallest absolute Gasteiger partial charge is 0.246 e. The number of nitrogens with one attached hydrogen (secondary N) is 1. The Hall–Kier alpha value is -2.33. The van der Waals surface area contributed by atoms with Gasteiger partial charge in [0.1, 0.15) is 6.54 Å². The van der Waals surface area contributed by atoms with Crippen LogP contribution in [0.1, 0.15) is 11.3 Å². The van der Waals surface area contributed by atoms with Crippen LogP contribution in [0.2, 0.25) is 5.02 Å². The molecule has 0 unspecified atom stereocenters. The van der Waals surface area contributed by atoms with Crippen LogP contribution in [0, 0.1) is 13.8 Å². The molecule has 2 aromatic carbocycles. The maximum absolute atomic E-state index is 12.3. The molecular weight excluding hydrogens is 298 g/mol. The molecule has 22 heavy (non-hydrogen) atoms. The molecule has 3 rings (SSSR count). The standard InChI is InChI=1S/C17H16ClN3O/c1-11-7-8-13(18)9-15(11)19-17(22)10-21-16-6-4-3-5-14(16)12(2)20-21/h3-9H,10H2,1-2H3,(H,19,22). The Morgan fingerprint density at radius 2 is 2.00 bits per heavy atom. The van der Waals surface area contributed by atoms with Gasteiger partial charge in [-0.05, 0) is 37.6 Å². The molecule has 0 fully saturated rings. The monoisotopic (exact) mass is 313 g/mol. The molecule has 1 amide bonds. The summed E-state index contributed by atoms with van der Waals surface area (Å²) in [7, 11) is 0. The minimum Gasteiger partial charge on any atom is -0.324 e. The van der Waals surface area contributed by atoms with Crippen molar-refractivity contribution in [1.82, 2.24) is 9.78 Å². The van der Waals surface area contributed by atoms with Gasteiger partial charge in [0.25, 0.3) is 0 Å². The number of hydrogen-bond acceptors (Lipinski definition) is 2. The molecule has 0 aliphatic heterocycles. The first-order valence-corrected chi connectivity index (χ1v) is 7.40. The summed E-state index contributed by atoms with van der Waals surface area (Å²) in [5.74, 6) is -0.126. The highest BCUT2D eigenvalue weighted by molar-refractivity contribution is 6.31. The number of nitrogens with zero attached hydrogens (tertiary/aromatic N) is 2. The van der Waals surface area contributed by atoms with Crippen molar-refractivity contribution >= 4 is 34.1 Å². The predicted molar refractivity (Wildman–Crippen MR) is 89.3 cm³/mol. The zero-order chi connectivity index (χ0) is 15.7. The summed E-state index contributed by atoms with van der Waals surface area (Å²) in [5.41, 5.74) is 3.57. The minimum absolute atomic E-state index is 0.126. The molecule has 0 bridgehead atoms. The summed E-state index contributed by atoms with van der Waals surface area (Å²) in [4.78, 5) is 12.3. The normalized spacial score (nSPS) is 10.9. The predicted octanol–water partition coefficient (Wildman–Crippen LogP) is 3.95. The van der Waals surface area contributed by atoms with E-state index in [0.717, 1.165) is 27.8 Å². The molecule has 0 atom stereocenters. The van der Waals surface area contributed by atoms with Crippen LogP contribution in [0.4, 0.5) is 5.69 Å². The van der Waals surface area contributed by atoms with E-state index in [0.29, 0.717) is 5.02 Å². The lowest BCUT2D eigenvalue weighted by atomic mass is 10.2. The highest BCUT2D eigenvalue weighted by Crippen LogP contribution is 2.21. The Morgan fingerprint density at radius 1 is 1.23 bits per heavy atom. The van der Waals surface area contributed by atoms with Gasteiger partial charge < -0.3 is 5.32 Å². The van der Waals surface area contributed by atoms with E-state index in [1.54, 1.807) is 16.8 Å². The van der Waals surface area contributed by atoms with Crippen molar-refractivity contribution in [1.29, 1.82) is 0 Å². The third-order valence-electron chi connectivity index (χ3n) is 3.61. The fourth-order valence-electron chi connectivity index (χ4n) is 2.47. The zero-order valence-corrected chi connectivity index (χ0v) is 13.2. The van der Waals surface area contributed by atoms with Crippen molar-refractivity contribution < 1.29 is 4.79 Å². The molecule has 5 heteroatoms. The lowest BCUT2D eigenvalue weighted by Crippen LogP contribution is -2.20. The number of aryl methyl sites for hydroxylation is 2. The number of anilines is 1. The van der Waals surface area contributed by atoms with Crippen LogP contribution >= 0.6 is 11.6 Å². The van der Waals surface area contributed by atoms with Crippen LogP contribution in [0.3, 0.4) is 0 Å². The third-order valence-corrected chi connectivity index (χ3v) is 3.84. The Kier molecular flexibility index (Phi) is 3.86. The molecule has 1 aromatic heterocycles. The Morgan fingerprint density at radius 3 is 2.82 bits per heavy atom. The van der Waals surface area contributed by atoms with E-state index in [-0.39, 0.29) is 12.5 Å². The van der Waals surface area contributed by atoms with E-state index < -0.39 is 0 Å². The Balaban J connectivity index is 1.83. The van der Waals surface area contributed by atoms with Crippen molar-refractivity contribution in [3.05, 3.63) is 58.7 Å². The maximum atomic E-state index is 12.3. The summed E-state index contributed by atoms with van der Waals surface area (Å²) in [6.45, 7) is 4.04. The number of rotatable bonds is 3. The van der Waals surface area contributed by atoms with Gasteiger partial charge in [-0.3, -0.25) is 9.48 Å². The molecule has 0 aliphatic rings. The lowest BCUT2D eigenvalue weighted by Gasteiger charge is -2.09. The Labute approximate surface area is 133 Å². The van der Waals surface area contributed by atoms with Crippen molar-refractivity contribution in [3.8, 4) is 0 Å². The second-order valence-electron chi connectivity index (χ2n) is 5.27. The number of benzene rings is 2. The van der Waals surface area contributed by atoms with Gasteiger partial charge >= 0.3 is 0 Å². The lowest BCUT2D eigenvalue weighted by molar-refractivity contribution is -0.116. The zero-order valence-electron chi connectivity index (χ0n) is 12.4. The van der Waals surface area contributed by atoms with E-state index in [1.807, 2.05) is 44.2 Å². The fourth-order valence-corrected chi connectivity index (χ4v) is 2.64. The van der Waals surface area contributed by atoms with Crippen LogP contribution in [0.5, 0.6) is 0 Å². The molecule has 1 heterocycles. The highest BCUT2D eigenvalue weighted by atomic mass is 35.5. The number of amides is 1. The van der Waals surface area contributed by atoms with Gasteiger partial charge in [-0.15, -0.1) is 0 Å². The first-order chi connectivity index (χ1) is 10.5. The van der Waals surface area contributed by atoms with Crippen LogP contribution < -0.4 is 5.32 Å².